The van der Waals surface area contributed by atoms with Crippen molar-refractivity contribution >= 4 is 46.2 Å². The second-order valence-electron chi connectivity index (χ2n) is 4.62. The van der Waals surface area contributed by atoms with Gasteiger partial charge in [-0.05, 0) is 25.1 Å². The molecule has 0 atom stereocenters. The molecule has 8 nitrogen and oxygen atoms in total. The molecule has 0 spiro atoms. The fraction of sp³-hybridized carbons (Fsp3) is 0.143. The number of anilines is 3. The molecule has 0 amide bonds. The third-order valence-corrected chi connectivity index (χ3v) is 3.18. The molecule has 0 unspecified atom stereocenters. The van der Waals surface area contributed by atoms with E-state index in [4.69, 9.17) is 17.3 Å². The minimum absolute atomic E-state index is 0.246. The summed E-state index contributed by atoms with van der Waals surface area (Å²) in [4.78, 5) is 19.9. The number of H-pyrrole nitrogens is 1. The zero-order valence-electron chi connectivity index (χ0n) is 12.3. The number of guanidine groups is 1. The third-order valence-electron chi connectivity index (χ3n) is 2.94. The van der Waals surface area contributed by atoms with Gasteiger partial charge in [0, 0.05) is 17.3 Å². The summed E-state index contributed by atoms with van der Waals surface area (Å²) in [6.45, 7) is 2.45. The van der Waals surface area contributed by atoms with Gasteiger partial charge in [0.2, 0.25) is 5.95 Å². The van der Waals surface area contributed by atoms with E-state index in [-0.39, 0.29) is 5.96 Å². The van der Waals surface area contributed by atoms with Gasteiger partial charge in [0.25, 0.3) is 0 Å². The summed E-state index contributed by atoms with van der Waals surface area (Å²) < 4.78 is 0. The van der Waals surface area contributed by atoms with Gasteiger partial charge in [-0.2, -0.15) is 9.97 Å². The van der Waals surface area contributed by atoms with E-state index in [0.29, 0.717) is 34.5 Å². The maximum Gasteiger partial charge on any atom is 0.233 e. The van der Waals surface area contributed by atoms with Gasteiger partial charge in [-0.25, -0.2) is 4.98 Å². The first-order chi connectivity index (χ1) is 11.2. The first-order valence-corrected chi connectivity index (χ1v) is 7.34. The van der Waals surface area contributed by atoms with Crippen LogP contribution in [0.2, 0.25) is 5.02 Å². The normalized spacial score (nSPS) is 11.7. The minimum atomic E-state index is 0.246. The Morgan fingerprint density at radius 2 is 2.26 bits per heavy atom. The third kappa shape index (κ3) is 3.49. The lowest BCUT2D eigenvalue weighted by molar-refractivity contribution is 1.11. The van der Waals surface area contributed by atoms with E-state index in [1.54, 1.807) is 18.5 Å². The van der Waals surface area contributed by atoms with Gasteiger partial charge >= 0.3 is 0 Å². The Morgan fingerprint density at radius 1 is 1.39 bits per heavy atom. The van der Waals surface area contributed by atoms with Crippen molar-refractivity contribution in [1.29, 1.82) is 0 Å². The van der Waals surface area contributed by atoms with Crippen LogP contribution >= 0.6 is 11.6 Å². The number of aromatic amines is 1. The molecule has 5 N–H and O–H groups in total. The molecule has 1 aromatic carbocycles. The van der Waals surface area contributed by atoms with Crippen LogP contribution in [0.4, 0.5) is 17.5 Å². The number of fused-ring (bicyclic) bond motifs is 1. The van der Waals surface area contributed by atoms with Crippen LogP contribution in [0.5, 0.6) is 0 Å². The van der Waals surface area contributed by atoms with E-state index >= 15 is 0 Å². The van der Waals surface area contributed by atoms with Crippen molar-refractivity contribution in [3.8, 4) is 0 Å². The summed E-state index contributed by atoms with van der Waals surface area (Å²) in [5.41, 5.74) is 7.74. The number of hydrogen-bond acceptors (Lipinski definition) is 5. The van der Waals surface area contributed by atoms with Crippen LogP contribution in [0.15, 0.2) is 35.6 Å². The van der Waals surface area contributed by atoms with E-state index in [1.807, 2.05) is 19.1 Å². The molecule has 0 bridgehead atoms. The fourth-order valence-electron chi connectivity index (χ4n) is 2.01. The second kappa shape index (κ2) is 6.49. The summed E-state index contributed by atoms with van der Waals surface area (Å²) >= 11 is 6.01. The van der Waals surface area contributed by atoms with Crippen LogP contribution in [0, 0.1) is 0 Å². The van der Waals surface area contributed by atoms with Gasteiger partial charge in [0.1, 0.15) is 5.52 Å². The van der Waals surface area contributed by atoms with Crippen molar-refractivity contribution in [1.82, 2.24) is 19.9 Å². The summed E-state index contributed by atoms with van der Waals surface area (Å²) in [6, 6.07) is 7.33. The van der Waals surface area contributed by atoms with E-state index in [1.165, 1.54) is 0 Å². The number of nitrogens with zero attached hydrogens (tertiary/aromatic N) is 4. The van der Waals surface area contributed by atoms with Crippen LogP contribution in [0.3, 0.4) is 0 Å². The molecule has 9 heteroatoms. The highest BCUT2D eigenvalue weighted by atomic mass is 35.5. The Labute approximate surface area is 137 Å². The number of hydrogen-bond donors (Lipinski definition) is 4. The Hall–Kier alpha value is -2.87. The SMILES string of the molecule is CCN=C(N)Nc1nc(Nc2cccc(Cl)c2)c2[nH]cnc2n1. The number of aromatic nitrogens is 4. The zero-order valence-corrected chi connectivity index (χ0v) is 13.1. The molecular formula is C14H15ClN8. The standard InChI is InChI=1S/C14H15ClN8/c1-2-17-13(16)23-14-21-11-10(18-7-19-11)12(22-14)20-9-5-3-4-8(15)6-9/h3-7H,2H2,1H3,(H5,16,17,18,19,20,21,22,23). The van der Waals surface area contributed by atoms with Gasteiger partial charge in [-0.3, -0.25) is 10.3 Å². The average Bonchev–Trinajstić information content (AvgIpc) is 2.96. The molecule has 0 aliphatic heterocycles. The van der Waals surface area contributed by atoms with Crippen LogP contribution in [0.25, 0.3) is 11.2 Å². The Kier molecular flexibility index (Phi) is 4.24. The summed E-state index contributed by atoms with van der Waals surface area (Å²) in [5, 5.41) is 6.67. The van der Waals surface area contributed by atoms with Crippen molar-refractivity contribution in [3.05, 3.63) is 35.6 Å². The Morgan fingerprint density at radius 3 is 3.04 bits per heavy atom. The molecule has 23 heavy (non-hydrogen) atoms. The molecule has 3 rings (SSSR count). The van der Waals surface area contributed by atoms with Crippen LogP contribution in [-0.4, -0.2) is 32.4 Å². The number of aliphatic imine (C=N–C) groups is 1. The first-order valence-electron chi connectivity index (χ1n) is 6.96. The summed E-state index contributed by atoms with van der Waals surface area (Å²) in [6.07, 6.45) is 1.55. The molecule has 2 heterocycles. The van der Waals surface area contributed by atoms with Crippen molar-refractivity contribution in [3.63, 3.8) is 0 Å². The van der Waals surface area contributed by atoms with Gasteiger partial charge in [-0.1, -0.05) is 17.7 Å². The number of rotatable bonds is 4. The lowest BCUT2D eigenvalue weighted by Crippen LogP contribution is -2.24. The number of nitrogens with two attached hydrogens (primary N) is 1. The monoisotopic (exact) mass is 330 g/mol. The predicted octanol–water partition coefficient (Wildman–Crippen LogP) is 2.50. The lowest BCUT2D eigenvalue weighted by Gasteiger charge is -2.09. The highest BCUT2D eigenvalue weighted by molar-refractivity contribution is 6.30. The molecule has 0 aliphatic carbocycles. The van der Waals surface area contributed by atoms with E-state index in [2.05, 4.69) is 35.6 Å². The minimum Gasteiger partial charge on any atom is -0.370 e. The average molecular weight is 331 g/mol. The van der Waals surface area contributed by atoms with Crippen LogP contribution in [0.1, 0.15) is 6.92 Å². The maximum atomic E-state index is 6.01. The second-order valence-corrected chi connectivity index (χ2v) is 5.05. The molecule has 0 aliphatic rings. The fourth-order valence-corrected chi connectivity index (χ4v) is 2.20. The smallest absolute Gasteiger partial charge is 0.233 e. The molecule has 0 saturated heterocycles. The highest BCUT2D eigenvalue weighted by Crippen LogP contribution is 2.24. The quantitative estimate of drug-likeness (QED) is 0.431. The number of imidazole rings is 1. The van der Waals surface area contributed by atoms with Gasteiger partial charge in [0.15, 0.2) is 17.4 Å². The van der Waals surface area contributed by atoms with Crippen LogP contribution in [-0.2, 0) is 0 Å². The van der Waals surface area contributed by atoms with E-state index in [9.17, 15) is 0 Å². The van der Waals surface area contributed by atoms with Crippen LogP contribution < -0.4 is 16.4 Å². The largest absolute Gasteiger partial charge is 0.370 e. The zero-order chi connectivity index (χ0) is 16.2. The molecule has 3 aromatic rings. The van der Waals surface area contributed by atoms with Crippen molar-refractivity contribution in [2.75, 3.05) is 17.2 Å². The Balaban J connectivity index is 1.97. The van der Waals surface area contributed by atoms with Gasteiger partial charge in [-0.15, -0.1) is 0 Å². The van der Waals surface area contributed by atoms with E-state index in [0.717, 1.165) is 5.69 Å². The summed E-state index contributed by atoms with van der Waals surface area (Å²) in [5.74, 6) is 1.11. The number of halogens is 1. The lowest BCUT2D eigenvalue weighted by atomic mass is 10.3. The summed E-state index contributed by atoms with van der Waals surface area (Å²) in [7, 11) is 0. The number of nitrogens with one attached hydrogen (secondary N) is 3. The highest BCUT2D eigenvalue weighted by Gasteiger charge is 2.11. The predicted molar refractivity (Wildman–Crippen MR) is 92.2 cm³/mol. The van der Waals surface area contributed by atoms with Crippen molar-refractivity contribution < 1.29 is 0 Å². The van der Waals surface area contributed by atoms with Gasteiger partial charge in [0.05, 0.1) is 6.33 Å². The Bertz CT molecular complexity index is 857. The topological polar surface area (TPSA) is 117 Å². The van der Waals surface area contributed by atoms with Crippen molar-refractivity contribution in [2.24, 2.45) is 10.7 Å². The van der Waals surface area contributed by atoms with Gasteiger partial charge < -0.3 is 16.0 Å². The molecule has 2 aromatic heterocycles. The van der Waals surface area contributed by atoms with E-state index < -0.39 is 0 Å². The van der Waals surface area contributed by atoms with Crippen molar-refractivity contribution in [2.45, 2.75) is 6.92 Å². The molecule has 0 saturated carbocycles. The maximum absolute atomic E-state index is 6.01. The molecule has 0 fully saturated rings. The first kappa shape index (κ1) is 15.0. The molecule has 0 radical (unpaired) electrons. The molecule has 118 valence electrons. The number of benzene rings is 1. The molecular weight excluding hydrogens is 316 g/mol.